The van der Waals surface area contributed by atoms with E-state index in [1.165, 1.54) is 12.5 Å². The maximum Gasteiger partial charge on any atom is 0.254 e. The van der Waals surface area contributed by atoms with E-state index < -0.39 is 5.82 Å². The molecule has 1 amide bonds. The van der Waals surface area contributed by atoms with Crippen molar-refractivity contribution in [3.8, 4) is 11.8 Å². The van der Waals surface area contributed by atoms with E-state index in [2.05, 4.69) is 11.8 Å². The van der Waals surface area contributed by atoms with Crippen LogP contribution in [-0.4, -0.2) is 35.1 Å². The van der Waals surface area contributed by atoms with Crippen molar-refractivity contribution in [3.63, 3.8) is 0 Å². The summed E-state index contributed by atoms with van der Waals surface area (Å²) in [7, 11) is 0. The second-order valence-electron chi connectivity index (χ2n) is 5.76. The number of aliphatic hydroxyl groups excluding tert-OH is 1. The molecular weight excluding hydrogens is 269 g/mol. The number of carbonyl (C=O) groups is 1. The van der Waals surface area contributed by atoms with Gasteiger partial charge in [-0.1, -0.05) is 11.8 Å². The molecule has 4 heteroatoms. The Morgan fingerprint density at radius 1 is 1.43 bits per heavy atom. The van der Waals surface area contributed by atoms with Gasteiger partial charge in [-0.2, -0.15) is 0 Å². The summed E-state index contributed by atoms with van der Waals surface area (Å²) in [6.45, 7) is 0.770. The molecule has 0 aromatic heterocycles. The third kappa shape index (κ3) is 2.79. The Hall–Kier alpha value is -1.86. The van der Waals surface area contributed by atoms with Crippen LogP contribution in [0.1, 0.15) is 41.6 Å². The van der Waals surface area contributed by atoms with Crippen molar-refractivity contribution >= 4 is 5.91 Å². The quantitative estimate of drug-likeness (QED) is 0.847. The van der Waals surface area contributed by atoms with Crippen LogP contribution in [0.3, 0.4) is 0 Å². The van der Waals surface area contributed by atoms with Crippen molar-refractivity contribution < 1.29 is 14.3 Å². The largest absolute Gasteiger partial charge is 0.395 e. The molecule has 110 valence electrons. The molecule has 2 bridgehead atoms. The predicted molar refractivity (Wildman–Crippen MR) is 77.1 cm³/mol. The van der Waals surface area contributed by atoms with Crippen molar-refractivity contribution in [1.29, 1.82) is 0 Å². The summed E-state index contributed by atoms with van der Waals surface area (Å²) in [6.07, 6.45) is 3.70. The van der Waals surface area contributed by atoms with Crippen LogP contribution < -0.4 is 0 Å². The van der Waals surface area contributed by atoms with Crippen LogP contribution in [0.25, 0.3) is 0 Å². The molecule has 3 rings (SSSR count). The molecule has 2 fully saturated rings. The molecule has 1 saturated carbocycles. The first-order chi connectivity index (χ1) is 10.2. The summed E-state index contributed by atoms with van der Waals surface area (Å²) in [4.78, 5) is 14.3. The molecule has 3 nitrogen and oxygen atoms in total. The average Bonchev–Trinajstić information content (AvgIpc) is 3.11. The van der Waals surface area contributed by atoms with Crippen molar-refractivity contribution in [3.05, 3.63) is 35.1 Å². The number of amides is 1. The van der Waals surface area contributed by atoms with Crippen LogP contribution in [0.2, 0.25) is 0 Å². The second-order valence-corrected chi connectivity index (χ2v) is 5.76. The zero-order valence-electron chi connectivity index (χ0n) is 11.8. The molecule has 1 heterocycles. The van der Waals surface area contributed by atoms with E-state index in [-0.39, 0.29) is 18.1 Å². The zero-order valence-corrected chi connectivity index (χ0v) is 11.8. The number of hydrogen-bond acceptors (Lipinski definition) is 2. The lowest BCUT2D eigenvalue weighted by atomic mass is 10.1. The molecule has 1 saturated heterocycles. The van der Waals surface area contributed by atoms with Gasteiger partial charge in [0.1, 0.15) is 5.82 Å². The SMILES string of the molecule is O=C(c1ccc(C#CCCO)c(F)c1)N1CC2CCC1C2. The monoisotopic (exact) mass is 287 g/mol. The van der Waals surface area contributed by atoms with E-state index >= 15 is 0 Å². The Balaban J connectivity index is 1.76. The number of aliphatic hydroxyl groups is 1. The first-order valence-electron chi connectivity index (χ1n) is 7.39. The first kappa shape index (κ1) is 14.1. The fraction of sp³-hybridized carbons (Fsp3) is 0.471. The number of likely N-dealkylation sites (tertiary alicyclic amines) is 1. The molecule has 0 spiro atoms. The van der Waals surface area contributed by atoms with Gasteiger partial charge >= 0.3 is 0 Å². The summed E-state index contributed by atoms with van der Waals surface area (Å²) in [5.74, 6) is 5.43. The Labute approximate surface area is 123 Å². The molecule has 2 atom stereocenters. The lowest BCUT2D eigenvalue weighted by molar-refractivity contribution is 0.0703. The van der Waals surface area contributed by atoms with Gasteiger partial charge in [0.25, 0.3) is 5.91 Å². The van der Waals surface area contributed by atoms with Crippen LogP contribution in [0, 0.1) is 23.6 Å². The number of carbonyl (C=O) groups excluding carboxylic acids is 1. The predicted octanol–water partition coefficient (Wildman–Crippen LogP) is 2.18. The molecule has 1 aliphatic carbocycles. The normalized spacial score (nSPS) is 23.0. The highest BCUT2D eigenvalue weighted by Gasteiger charge is 2.40. The van der Waals surface area contributed by atoms with Crippen molar-refractivity contribution in [1.82, 2.24) is 4.90 Å². The van der Waals surface area contributed by atoms with Crippen LogP contribution in [0.5, 0.6) is 0 Å². The number of piperidine rings is 1. The summed E-state index contributed by atoms with van der Waals surface area (Å²) in [6, 6.07) is 4.80. The van der Waals surface area contributed by atoms with Crippen molar-refractivity contribution in [2.45, 2.75) is 31.7 Å². The maximum absolute atomic E-state index is 14.0. The van der Waals surface area contributed by atoms with E-state index in [0.29, 0.717) is 23.9 Å². The summed E-state index contributed by atoms with van der Waals surface area (Å²) < 4.78 is 14.0. The standard InChI is InChI=1S/C17H18FNO2/c18-16-10-14(6-5-13(16)3-1-2-8-20)17(21)19-11-12-4-7-15(19)9-12/h5-6,10,12,15,20H,2,4,7-9,11H2. The van der Waals surface area contributed by atoms with Crippen molar-refractivity contribution in [2.24, 2.45) is 5.92 Å². The maximum atomic E-state index is 14.0. The highest BCUT2D eigenvalue weighted by Crippen LogP contribution is 2.38. The molecule has 1 aromatic rings. The van der Waals surface area contributed by atoms with Gasteiger partial charge in [0.05, 0.1) is 12.2 Å². The van der Waals surface area contributed by atoms with Gasteiger partial charge in [-0.15, -0.1) is 0 Å². The second kappa shape index (κ2) is 5.87. The third-order valence-electron chi connectivity index (χ3n) is 4.35. The number of nitrogens with zero attached hydrogens (tertiary/aromatic N) is 1. The van der Waals surface area contributed by atoms with Crippen LogP contribution in [0.15, 0.2) is 18.2 Å². The summed E-state index contributed by atoms with van der Waals surface area (Å²) in [5.41, 5.74) is 0.663. The highest BCUT2D eigenvalue weighted by atomic mass is 19.1. The van der Waals surface area contributed by atoms with Crippen molar-refractivity contribution in [2.75, 3.05) is 13.2 Å². The average molecular weight is 287 g/mol. The topological polar surface area (TPSA) is 40.5 Å². The Morgan fingerprint density at radius 2 is 2.29 bits per heavy atom. The lowest BCUT2D eigenvalue weighted by Crippen LogP contribution is -2.37. The van der Waals surface area contributed by atoms with E-state index in [0.717, 1.165) is 19.4 Å². The summed E-state index contributed by atoms with van der Waals surface area (Å²) in [5, 5.41) is 8.66. The number of rotatable bonds is 2. The molecule has 2 unspecified atom stereocenters. The molecule has 1 aromatic carbocycles. The smallest absolute Gasteiger partial charge is 0.254 e. The lowest BCUT2D eigenvalue weighted by Gasteiger charge is -2.27. The molecule has 0 radical (unpaired) electrons. The number of halogens is 1. The van der Waals surface area contributed by atoms with Gasteiger partial charge in [0.2, 0.25) is 0 Å². The van der Waals surface area contributed by atoms with E-state index in [1.807, 2.05) is 4.90 Å². The minimum absolute atomic E-state index is 0.0390. The Bertz CT molecular complexity index is 617. The highest BCUT2D eigenvalue weighted by molar-refractivity contribution is 5.94. The molecular formula is C17H18FNO2. The van der Waals surface area contributed by atoms with Gasteiger partial charge in [-0.25, -0.2) is 4.39 Å². The Kier molecular flexibility index (Phi) is 3.94. The van der Waals surface area contributed by atoms with Crippen LogP contribution in [0.4, 0.5) is 4.39 Å². The van der Waals surface area contributed by atoms with Gasteiger partial charge < -0.3 is 10.0 Å². The molecule has 1 N–H and O–H groups in total. The van der Waals surface area contributed by atoms with Gasteiger partial charge in [0.15, 0.2) is 0 Å². The first-order valence-corrected chi connectivity index (χ1v) is 7.39. The number of fused-ring (bicyclic) bond motifs is 2. The molecule has 21 heavy (non-hydrogen) atoms. The minimum Gasteiger partial charge on any atom is -0.395 e. The third-order valence-corrected chi connectivity index (χ3v) is 4.35. The molecule has 1 aliphatic heterocycles. The number of hydrogen-bond donors (Lipinski definition) is 1. The van der Waals surface area contributed by atoms with Crippen LogP contribution >= 0.6 is 0 Å². The van der Waals surface area contributed by atoms with Gasteiger partial charge in [-0.05, 0) is 43.4 Å². The van der Waals surface area contributed by atoms with E-state index in [9.17, 15) is 9.18 Å². The fourth-order valence-electron chi connectivity index (χ4n) is 3.30. The fourth-order valence-corrected chi connectivity index (χ4v) is 3.30. The van der Waals surface area contributed by atoms with Crippen LogP contribution in [-0.2, 0) is 0 Å². The number of benzene rings is 1. The molecule has 2 aliphatic rings. The zero-order chi connectivity index (χ0) is 14.8. The van der Waals surface area contributed by atoms with E-state index in [1.54, 1.807) is 12.1 Å². The Morgan fingerprint density at radius 3 is 2.90 bits per heavy atom. The van der Waals surface area contributed by atoms with E-state index in [4.69, 9.17) is 5.11 Å². The summed E-state index contributed by atoms with van der Waals surface area (Å²) >= 11 is 0. The van der Waals surface area contributed by atoms with Gasteiger partial charge in [0, 0.05) is 24.6 Å². The van der Waals surface area contributed by atoms with Gasteiger partial charge in [-0.3, -0.25) is 4.79 Å². The minimum atomic E-state index is -0.476.